The number of hydrogen-bond donors (Lipinski definition) is 2. The molecule has 0 saturated carbocycles. The van der Waals surface area contributed by atoms with E-state index in [9.17, 15) is 9.90 Å². The molecule has 0 fully saturated rings. The first-order chi connectivity index (χ1) is 17.8. The van der Waals surface area contributed by atoms with Gasteiger partial charge < -0.3 is 15.3 Å². The molecule has 0 saturated heterocycles. The fraction of sp³-hybridized carbons (Fsp3) is 0.172. The molecule has 188 valence electrons. The molecule has 0 amide bonds. The second kappa shape index (κ2) is 10.7. The SMILES string of the molecule is CN(CCNc1cc(C(=O)O)nc2cc(Cl)cc(Cl)c12)CC1c2ccccc2C=Cc2ccc(Cl)cc21. The Balaban J connectivity index is 1.37. The van der Waals surface area contributed by atoms with E-state index in [1.54, 1.807) is 12.1 Å². The lowest BCUT2D eigenvalue weighted by atomic mass is 9.87. The molecular formula is C29H24Cl3N3O2. The Hall–Kier alpha value is -3.09. The van der Waals surface area contributed by atoms with Crippen LogP contribution in [0.4, 0.5) is 5.69 Å². The molecular weight excluding hydrogens is 529 g/mol. The molecule has 5 nitrogen and oxygen atoms in total. The molecule has 8 heteroatoms. The molecule has 1 atom stereocenters. The number of carboxylic acids is 1. The van der Waals surface area contributed by atoms with E-state index in [1.165, 1.54) is 22.8 Å². The van der Waals surface area contributed by atoms with Crippen LogP contribution >= 0.6 is 34.8 Å². The quantitative estimate of drug-likeness (QED) is 0.248. The maximum Gasteiger partial charge on any atom is 0.354 e. The molecule has 3 aromatic carbocycles. The summed E-state index contributed by atoms with van der Waals surface area (Å²) in [7, 11) is 2.08. The maximum absolute atomic E-state index is 11.6. The highest BCUT2D eigenvalue weighted by Crippen LogP contribution is 2.37. The smallest absolute Gasteiger partial charge is 0.354 e. The molecule has 0 bridgehead atoms. The number of benzene rings is 3. The van der Waals surface area contributed by atoms with Gasteiger partial charge in [0.15, 0.2) is 5.69 Å². The number of fused-ring (bicyclic) bond motifs is 3. The predicted octanol–water partition coefficient (Wildman–Crippen LogP) is 7.55. The Morgan fingerprint density at radius 1 is 0.973 bits per heavy atom. The number of carbonyl (C=O) groups is 1. The van der Waals surface area contributed by atoms with Crippen LogP contribution in [0, 0.1) is 0 Å². The number of pyridine rings is 1. The Kier molecular flexibility index (Phi) is 7.40. The van der Waals surface area contributed by atoms with Crippen molar-refractivity contribution in [2.75, 3.05) is 32.0 Å². The van der Waals surface area contributed by atoms with Crippen LogP contribution in [-0.4, -0.2) is 47.6 Å². The molecule has 37 heavy (non-hydrogen) atoms. The monoisotopic (exact) mass is 551 g/mol. The summed E-state index contributed by atoms with van der Waals surface area (Å²) < 4.78 is 0. The Bertz CT molecular complexity index is 1540. The van der Waals surface area contributed by atoms with Crippen molar-refractivity contribution in [3.63, 3.8) is 0 Å². The van der Waals surface area contributed by atoms with Crippen LogP contribution < -0.4 is 5.32 Å². The van der Waals surface area contributed by atoms with E-state index in [1.807, 2.05) is 6.07 Å². The minimum absolute atomic E-state index is 0.0715. The standard InChI is InChI=1S/C29H24Cl3N3O2/c1-35(11-10-33-25-15-27(29(36)37)34-26-14-20(31)13-24(32)28(25)26)16-23-21-5-3-2-4-17(21)6-7-18-8-9-19(30)12-22(18)23/h2-9,12-15,23H,10-11,16H2,1H3,(H,33,34)(H,36,37). The highest BCUT2D eigenvalue weighted by molar-refractivity contribution is 6.39. The van der Waals surface area contributed by atoms with Gasteiger partial charge in [0.25, 0.3) is 0 Å². The van der Waals surface area contributed by atoms with Gasteiger partial charge >= 0.3 is 5.97 Å². The lowest BCUT2D eigenvalue weighted by molar-refractivity contribution is 0.0691. The molecule has 1 aliphatic carbocycles. The number of halogens is 3. The second-order valence-electron chi connectivity index (χ2n) is 9.12. The lowest BCUT2D eigenvalue weighted by Gasteiger charge is -2.27. The third kappa shape index (κ3) is 5.46. The number of aromatic nitrogens is 1. The van der Waals surface area contributed by atoms with Gasteiger partial charge in [0, 0.05) is 46.7 Å². The van der Waals surface area contributed by atoms with Gasteiger partial charge in [-0.25, -0.2) is 9.78 Å². The first kappa shape index (κ1) is 25.6. The van der Waals surface area contributed by atoms with Gasteiger partial charge in [-0.2, -0.15) is 0 Å². The third-order valence-electron chi connectivity index (χ3n) is 6.59. The van der Waals surface area contributed by atoms with Gasteiger partial charge in [-0.1, -0.05) is 77.3 Å². The number of hydrogen-bond acceptors (Lipinski definition) is 4. The minimum atomic E-state index is -1.11. The van der Waals surface area contributed by atoms with Crippen molar-refractivity contribution in [1.82, 2.24) is 9.88 Å². The van der Waals surface area contributed by atoms with E-state index in [4.69, 9.17) is 34.8 Å². The van der Waals surface area contributed by atoms with Crippen molar-refractivity contribution in [3.8, 4) is 0 Å². The lowest BCUT2D eigenvalue weighted by Crippen LogP contribution is -2.30. The first-order valence-corrected chi connectivity index (χ1v) is 13.0. The summed E-state index contributed by atoms with van der Waals surface area (Å²) >= 11 is 19.0. The highest BCUT2D eigenvalue weighted by Gasteiger charge is 2.23. The maximum atomic E-state index is 11.6. The summed E-state index contributed by atoms with van der Waals surface area (Å²) in [4.78, 5) is 18.1. The van der Waals surface area contributed by atoms with Crippen molar-refractivity contribution in [2.24, 2.45) is 0 Å². The van der Waals surface area contributed by atoms with Crippen LogP contribution in [-0.2, 0) is 0 Å². The number of anilines is 1. The third-order valence-corrected chi connectivity index (χ3v) is 7.34. The molecule has 0 spiro atoms. The van der Waals surface area contributed by atoms with Crippen molar-refractivity contribution in [3.05, 3.63) is 104 Å². The summed E-state index contributed by atoms with van der Waals surface area (Å²) in [6, 6.07) is 19.3. The van der Waals surface area contributed by atoms with Crippen molar-refractivity contribution >= 4 is 69.5 Å². The number of nitrogens with one attached hydrogen (secondary N) is 1. The topological polar surface area (TPSA) is 65.5 Å². The zero-order valence-corrected chi connectivity index (χ0v) is 22.3. The molecule has 2 N–H and O–H groups in total. The van der Waals surface area contributed by atoms with E-state index in [0.29, 0.717) is 39.7 Å². The molecule has 0 radical (unpaired) electrons. The average molecular weight is 553 g/mol. The van der Waals surface area contributed by atoms with Gasteiger partial charge in [-0.05, 0) is 59.6 Å². The molecule has 0 aliphatic heterocycles. The van der Waals surface area contributed by atoms with E-state index >= 15 is 0 Å². The zero-order chi connectivity index (χ0) is 26.1. The van der Waals surface area contributed by atoms with Crippen LogP contribution in [0.5, 0.6) is 0 Å². The molecule has 1 aliphatic rings. The summed E-state index contributed by atoms with van der Waals surface area (Å²) in [5, 5.41) is 15.1. The van der Waals surface area contributed by atoms with Crippen molar-refractivity contribution < 1.29 is 9.90 Å². The van der Waals surface area contributed by atoms with Crippen LogP contribution in [0.2, 0.25) is 15.1 Å². The van der Waals surface area contributed by atoms with Crippen LogP contribution in [0.25, 0.3) is 23.1 Å². The van der Waals surface area contributed by atoms with Crippen LogP contribution in [0.1, 0.15) is 38.7 Å². The van der Waals surface area contributed by atoms with Crippen LogP contribution in [0.15, 0.2) is 60.7 Å². The fourth-order valence-electron chi connectivity index (χ4n) is 4.84. The number of rotatable bonds is 7. The molecule has 1 unspecified atom stereocenters. The average Bonchev–Trinajstić information content (AvgIpc) is 3.00. The number of likely N-dealkylation sites (N-methyl/N-ethyl adjacent to an activating group) is 1. The summed E-state index contributed by atoms with van der Waals surface area (Å²) in [5.41, 5.74) is 5.79. The van der Waals surface area contributed by atoms with Gasteiger partial charge in [0.1, 0.15) is 0 Å². The van der Waals surface area contributed by atoms with E-state index in [0.717, 1.165) is 17.1 Å². The van der Waals surface area contributed by atoms with Gasteiger partial charge in [0.2, 0.25) is 0 Å². The summed E-state index contributed by atoms with van der Waals surface area (Å²) in [6.45, 7) is 2.06. The highest BCUT2D eigenvalue weighted by atomic mass is 35.5. The Morgan fingerprint density at radius 3 is 2.51 bits per heavy atom. The second-order valence-corrected chi connectivity index (χ2v) is 10.4. The number of aromatic carboxylic acids is 1. The predicted molar refractivity (Wildman–Crippen MR) is 153 cm³/mol. The summed E-state index contributed by atoms with van der Waals surface area (Å²) in [6.07, 6.45) is 4.31. The Morgan fingerprint density at radius 2 is 1.73 bits per heavy atom. The van der Waals surface area contributed by atoms with E-state index in [-0.39, 0.29) is 11.6 Å². The largest absolute Gasteiger partial charge is 0.477 e. The van der Waals surface area contributed by atoms with Gasteiger partial charge in [0.05, 0.1) is 10.5 Å². The minimum Gasteiger partial charge on any atom is -0.477 e. The van der Waals surface area contributed by atoms with Gasteiger partial charge in [-0.15, -0.1) is 0 Å². The zero-order valence-electron chi connectivity index (χ0n) is 20.0. The summed E-state index contributed by atoms with van der Waals surface area (Å²) in [5.74, 6) is -0.974. The van der Waals surface area contributed by atoms with E-state index in [2.05, 4.69) is 70.8 Å². The first-order valence-electron chi connectivity index (χ1n) is 11.8. The van der Waals surface area contributed by atoms with Crippen molar-refractivity contribution in [1.29, 1.82) is 0 Å². The number of nitrogens with zero attached hydrogens (tertiary/aromatic N) is 2. The number of carboxylic acid groups (broad SMARTS) is 1. The molecule has 4 aromatic rings. The Labute approximate surface area is 230 Å². The van der Waals surface area contributed by atoms with Crippen molar-refractivity contribution in [2.45, 2.75) is 5.92 Å². The molecule has 5 rings (SSSR count). The molecule has 1 aromatic heterocycles. The fourth-order valence-corrected chi connectivity index (χ4v) is 5.61. The normalized spacial score (nSPS) is 14.4. The van der Waals surface area contributed by atoms with Gasteiger partial charge in [-0.3, -0.25) is 0 Å². The van der Waals surface area contributed by atoms with Crippen LogP contribution in [0.3, 0.4) is 0 Å². The van der Waals surface area contributed by atoms with E-state index < -0.39 is 5.97 Å². The molecule has 1 heterocycles.